The van der Waals surface area contributed by atoms with Crippen molar-refractivity contribution in [2.75, 3.05) is 25.5 Å². The van der Waals surface area contributed by atoms with E-state index in [0.717, 1.165) is 42.9 Å². The minimum Gasteiger partial charge on any atom is -0.388 e. The summed E-state index contributed by atoms with van der Waals surface area (Å²) in [5, 5.41) is 14.9. The van der Waals surface area contributed by atoms with Gasteiger partial charge in [-0.2, -0.15) is 0 Å². The summed E-state index contributed by atoms with van der Waals surface area (Å²) in [4.78, 5) is 0. The van der Waals surface area contributed by atoms with Crippen LogP contribution in [0.4, 0.5) is 5.69 Å². The normalized spacial score (nSPS) is 16.8. The van der Waals surface area contributed by atoms with E-state index < -0.39 is 0 Å². The second-order valence-corrected chi connectivity index (χ2v) is 4.74. The van der Waals surface area contributed by atoms with Gasteiger partial charge >= 0.3 is 0 Å². The lowest BCUT2D eigenvalue weighted by Gasteiger charge is -2.24. The number of anilines is 1. The van der Waals surface area contributed by atoms with E-state index in [1.165, 1.54) is 5.56 Å². The average Bonchev–Trinajstić information content (AvgIpc) is 2.39. The van der Waals surface area contributed by atoms with E-state index in [0.29, 0.717) is 5.92 Å². The van der Waals surface area contributed by atoms with Gasteiger partial charge in [0.05, 0.1) is 0 Å². The first kappa shape index (κ1) is 12.1. The monoisotopic (exact) mass is 231 g/mol. The molecular formula is C14H21N3. The number of hydrogen-bond donors (Lipinski definition) is 3. The zero-order chi connectivity index (χ0) is 12.3. The predicted molar refractivity (Wildman–Crippen MR) is 73.1 cm³/mol. The van der Waals surface area contributed by atoms with Crippen LogP contribution in [0.5, 0.6) is 0 Å². The zero-order valence-corrected chi connectivity index (χ0v) is 10.6. The van der Waals surface area contributed by atoms with E-state index >= 15 is 0 Å². The van der Waals surface area contributed by atoms with Crippen LogP contribution in [0.2, 0.25) is 0 Å². The molecule has 1 aliphatic rings. The third-order valence-electron chi connectivity index (χ3n) is 3.48. The molecule has 3 nitrogen and oxygen atoms in total. The number of rotatable bonds is 3. The molecule has 0 radical (unpaired) electrons. The van der Waals surface area contributed by atoms with Crippen LogP contribution < -0.4 is 10.6 Å². The van der Waals surface area contributed by atoms with Crippen molar-refractivity contribution in [2.45, 2.75) is 19.8 Å². The summed E-state index contributed by atoms with van der Waals surface area (Å²) in [6, 6.07) is 6.28. The average molecular weight is 231 g/mol. The fraction of sp³-hybridized carbons (Fsp3) is 0.500. The SMILES string of the molecule is CNc1ccc(C)cc1C(=N)C1CCNCC1. The van der Waals surface area contributed by atoms with Crippen LogP contribution in [0.3, 0.4) is 0 Å². The van der Waals surface area contributed by atoms with Crippen LogP contribution >= 0.6 is 0 Å². The molecular weight excluding hydrogens is 210 g/mol. The van der Waals surface area contributed by atoms with Gasteiger partial charge in [0, 0.05) is 29.9 Å². The molecule has 3 heteroatoms. The molecule has 0 unspecified atom stereocenters. The van der Waals surface area contributed by atoms with E-state index in [1.807, 2.05) is 7.05 Å². The molecule has 92 valence electrons. The number of piperidine rings is 1. The van der Waals surface area contributed by atoms with Crippen LogP contribution in [0.25, 0.3) is 0 Å². The van der Waals surface area contributed by atoms with Crippen molar-refractivity contribution in [2.24, 2.45) is 5.92 Å². The Balaban J connectivity index is 2.25. The summed E-state index contributed by atoms with van der Waals surface area (Å²) >= 11 is 0. The molecule has 0 amide bonds. The topological polar surface area (TPSA) is 47.9 Å². The molecule has 1 aliphatic heterocycles. The summed E-state index contributed by atoms with van der Waals surface area (Å²) in [6.07, 6.45) is 2.16. The molecule has 1 saturated heterocycles. The predicted octanol–water partition coefficient (Wildman–Crippen LogP) is 2.40. The van der Waals surface area contributed by atoms with Gasteiger partial charge in [0.25, 0.3) is 0 Å². The maximum absolute atomic E-state index is 8.40. The lowest BCUT2D eigenvalue weighted by atomic mass is 9.87. The van der Waals surface area contributed by atoms with Crippen LogP contribution in [0.15, 0.2) is 18.2 Å². The first-order chi connectivity index (χ1) is 8.22. The summed E-state index contributed by atoms with van der Waals surface area (Å²) < 4.78 is 0. The minimum absolute atomic E-state index is 0.408. The fourth-order valence-electron chi connectivity index (χ4n) is 2.43. The minimum atomic E-state index is 0.408. The van der Waals surface area contributed by atoms with Crippen molar-refractivity contribution in [3.05, 3.63) is 29.3 Å². The first-order valence-electron chi connectivity index (χ1n) is 6.30. The van der Waals surface area contributed by atoms with Gasteiger partial charge in [-0.3, -0.25) is 0 Å². The molecule has 2 rings (SSSR count). The van der Waals surface area contributed by atoms with E-state index in [1.54, 1.807) is 0 Å². The van der Waals surface area contributed by atoms with Gasteiger partial charge in [0.2, 0.25) is 0 Å². The van der Waals surface area contributed by atoms with Gasteiger partial charge in [-0.15, -0.1) is 0 Å². The highest BCUT2D eigenvalue weighted by molar-refractivity contribution is 6.04. The highest BCUT2D eigenvalue weighted by atomic mass is 14.9. The Morgan fingerprint density at radius 3 is 2.71 bits per heavy atom. The molecule has 0 bridgehead atoms. The summed E-state index contributed by atoms with van der Waals surface area (Å²) in [5.74, 6) is 0.408. The summed E-state index contributed by atoms with van der Waals surface area (Å²) in [7, 11) is 1.92. The third kappa shape index (κ3) is 2.67. The van der Waals surface area contributed by atoms with Crippen LogP contribution in [-0.4, -0.2) is 25.8 Å². The molecule has 0 aromatic heterocycles. The molecule has 0 saturated carbocycles. The Labute approximate surface area is 103 Å². The maximum atomic E-state index is 8.40. The van der Waals surface area contributed by atoms with Crippen LogP contribution in [0, 0.1) is 18.3 Å². The molecule has 1 aromatic rings. The molecule has 1 aromatic carbocycles. The smallest absolute Gasteiger partial charge is 0.0438 e. The summed E-state index contributed by atoms with van der Waals surface area (Å²) in [5.41, 5.74) is 4.15. The quantitative estimate of drug-likeness (QED) is 0.700. The lowest BCUT2D eigenvalue weighted by molar-refractivity contribution is 0.456. The number of benzene rings is 1. The van der Waals surface area contributed by atoms with Gasteiger partial charge in [-0.05, 0) is 45.0 Å². The third-order valence-corrected chi connectivity index (χ3v) is 3.48. The first-order valence-corrected chi connectivity index (χ1v) is 6.30. The Kier molecular flexibility index (Phi) is 3.79. The van der Waals surface area contributed by atoms with Crippen molar-refractivity contribution in [3.63, 3.8) is 0 Å². The second kappa shape index (κ2) is 5.32. The maximum Gasteiger partial charge on any atom is 0.0438 e. The molecule has 17 heavy (non-hydrogen) atoms. The van der Waals surface area contributed by atoms with Gasteiger partial charge in [0.15, 0.2) is 0 Å². The molecule has 0 atom stereocenters. The van der Waals surface area contributed by atoms with Crippen molar-refractivity contribution in [1.82, 2.24) is 5.32 Å². The van der Waals surface area contributed by atoms with E-state index in [-0.39, 0.29) is 0 Å². The molecule has 0 aliphatic carbocycles. The van der Waals surface area contributed by atoms with Crippen molar-refractivity contribution < 1.29 is 0 Å². The molecule has 3 N–H and O–H groups in total. The van der Waals surface area contributed by atoms with Crippen LogP contribution in [-0.2, 0) is 0 Å². The highest BCUT2D eigenvalue weighted by Gasteiger charge is 2.20. The number of hydrogen-bond acceptors (Lipinski definition) is 3. The number of aryl methyl sites for hydroxylation is 1. The molecule has 1 fully saturated rings. The van der Waals surface area contributed by atoms with E-state index in [2.05, 4.69) is 35.8 Å². The van der Waals surface area contributed by atoms with Gasteiger partial charge < -0.3 is 16.0 Å². The Hall–Kier alpha value is -1.35. The van der Waals surface area contributed by atoms with Crippen LogP contribution in [0.1, 0.15) is 24.0 Å². The largest absolute Gasteiger partial charge is 0.388 e. The van der Waals surface area contributed by atoms with Crippen molar-refractivity contribution in [1.29, 1.82) is 5.41 Å². The van der Waals surface area contributed by atoms with Crippen molar-refractivity contribution in [3.8, 4) is 0 Å². The highest BCUT2D eigenvalue weighted by Crippen LogP contribution is 2.24. The fourth-order valence-corrected chi connectivity index (χ4v) is 2.43. The molecule has 0 spiro atoms. The lowest BCUT2D eigenvalue weighted by Crippen LogP contribution is -2.32. The molecule has 1 heterocycles. The summed E-state index contributed by atoms with van der Waals surface area (Å²) in [6.45, 7) is 4.15. The Morgan fingerprint density at radius 2 is 2.06 bits per heavy atom. The van der Waals surface area contributed by atoms with Gasteiger partial charge in [-0.25, -0.2) is 0 Å². The van der Waals surface area contributed by atoms with E-state index in [9.17, 15) is 0 Å². The van der Waals surface area contributed by atoms with Crippen molar-refractivity contribution >= 4 is 11.4 Å². The second-order valence-electron chi connectivity index (χ2n) is 4.74. The van der Waals surface area contributed by atoms with Gasteiger partial charge in [-0.1, -0.05) is 11.6 Å². The Morgan fingerprint density at radius 1 is 1.35 bits per heavy atom. The van der Waals surface area contributed by atoms with Gasteiger partial charge in [0.1, 0.15) is 0 Å². The Bertz CT molecular complexity index is 406. The number of nitrogens with one attached hydrogen (secondary N) is 3. The zero-order valence-electron chi connectivity index (χ0n) is 10.6. The standard InChI is InChI=1S/C14H21N3/c1-10-3-4-13(16-2)12(9-10)14(15)11-5-7-17-8-6-11/h3-4,9,11,15-17H,5-8H2,1-2H3. The van der Waals surface area contributed by atoms with E-state index in [4.69, 9.17) is 5.41 Å².